The molecule has 1 unspecified atom stereocenters. The first-order valence-electron chi connectivity index (χ1n) is 5.92. The van der Waals surface area contributed by atoms with Crippen LogP contribution in [-0.4, -0.2) is 12.6 Å². The molecule has 1 aromatic carbocycles. The summed E-state index contributed by atoms with van der Waals surface area (Å²) in [5.41, 5.74) is 0.942. The molecule has 0 bridgehead atoms. The van der Waals surface area contributed by atoms with Gasteiger partial charge in [-0.05, 0) is 38.0 Å². The Morgan fingerprint density at radius 2 is 1.94 bits per heavy atom. The molecule has 92 valence electrons. The van der Waals surface area contributed by atoms with Crippen molar-refractivity contribution in [3.63, 3.8) is 0 Å². The zero-order valence-corrected chi connectivity index (χ0v) is 11.1. The number of methoxy groups -OCH3 is 1. The van der Waals surface area contributed by atoms with E-state index in [1.165, 1.54) is 5.56 Å². The van der Waals surface area contributed by atoms with E-state index < -0.39 is 0 Å². The van der Waals surface area contributed by atoms with E-state index in [9.17, 15) is 0 Å². The predicted octanol–water partition coefficient (Wildman–Crippen LogP) is 3.15. The third-order valence-corrected chi connectivity index (χ3v) is 2.82. The van der Waals surface area contributed by atoms with Gasteiger partial charge in [-0.25, -0.2) is 0 Å². The summed E-state index contributed by atoms with van der Waals surface area (Å²) in [6, 6.07) is 8.37. The van der Waals surface area contributed by atoms with Crippen LogP contribution in [0.1, 0.15) is 38.8 Å². The van der Waals surface area contributed by atoms with E-state index >= 15 is 0 Å². The SMILES string of the molecule is C#CC(C)(C)NC(CC)c1ccc(OC)cc1. The van der Waals surface area contributed by atoms with Crippen LogP contribution in [0.2, 0.25) is 0 Å². The van der Waals surface area contributed by atoms with Gasteiger partial charge in [0.1, 0.15) is 5.75 Å². The standard InChI is InChI=1S/C15H21NO/c1-6-14(16-15(3,4)7-2)12-8-10-13(17-5)11-9-12/h2,8-11,14,16H,6H2,1,3-5H3. The fourth-order valence-corrected chi connectivity index (χ4v) is 1.73. The quantitative estimate of drug-likeness (QED) is 0.786. The highest BCUT2D eigenvalue weighted by atomic mass is 16.5. The molecule has 0 saturated carbocycles. The lowest BCUT2D eigenvalue weighted by Gasteiger charge is -2.27. The molecule has 0 aliphatic heterocycles. The summed E-state index contributed by atoms with van der Waals surface area (Å²) in [5.74, 6) is 3.64. The molecule has 0 amide bonds. The molecule has 2 nitrogen and oxygen atoms in total. The van der Waals surface area contributed by atoms with Crippen molar-refractivity contribution >= 4 is 0 Å². The summed E-state index contributed by atoms with van der Waals surface area (Å²) in [4.78, 5) is 0. The van der Waals surface area contributed by atoms with Gasteiger partial charge in [0.05, 0.1) is 12.6 Å². The predicted molar refractivity (Wildman–Crippen MR) is 72.1 cm³/mol. The number of hydrogen-bond acceptors (Lipinski definition) is 2. The molecule has 1 rings (SSSR count). The maximum atomic E-state index is 5.50. The fourth-order valence-electron chi connectivity index (χ4n) is 1.73. The molecule has 0 fully saturated rings. The van der Waals surface area contributed by atoms with Crippen molar-refractivity contribution in [1.29, 1.82) is 0 Å². The lowest BCUT2D eigenvalue weighted by molar-refractivity contribution is 0.400. The molecule has 0 saturated heterocycles. The summed E-state index contributed by atoms with van der Waals surface area (Å²) < 4.78 is 5.15. The van der Waals surface area contributed by atoms with Gasteiger partial charge in [0.15, 0.2) is 0 Å². The number of terminal acetylenes is 1. The van der Waals surface area contributed by atoms with Gasteiger partial charge in [-0.15, -0.1) is 6.42 Å². The Hall–Kier alpha value is -1.46. The van der Waals surface area contributed by atoms with Crippen LogP contribution in [0.3, 0.4) is 0 Å². The molecule has 0 aliphatic carbocycles. The summed E-state index contributed by atoms with van der Waals surface area (Å²) in [7, 11) is 1.67. The van der Waals surface area contributed by atoms with Crippen LogP contribution >= 0.6 is 0 Å². The van der Waals surface area contributed by atoms with Gasteiger partial charge in [0.2, 0.25) is 0 Å². The van der Waals surface area contributed by atoms with E-state index in [-0.39, 0.29) is 11.6 Å². The second-order valence-corrected chi connectivity index (χ2v) is 4.65. The number of ether oxygens (including phenoxy) is 1. The molecule has 1 atom stereocenters. The second kappa shape index (κ2) is 5.75. The Bertz CT molecular complexity index is 386. The molecule has 2 heteroatoms. The Labute approximate surface area is 104 Å². The van der Waals surface area contributed by atoms with Crippen molar-refractivity contribution in [3.05, 3.63) is 29.8 Å². The first-order valence-corrected chi connectivity index (χ1v) is 5.92. The van der Waals surface area contributed by atoms with Gasteiger partial charge >= 0.3 is 0 Å². The van der Waals surface area contributed by atoms with E-state index in [0.717, 1.165) is 12.2 Å². The van der Waals surface area contributed by atoms with Crippen molar-refractivity contribution in [1.82, 2.24) is 5.32 Å². The molecule has 0 radical (unpaired) electrons. The molecule has 0 aromatic heterocycles. The highest BCUT2D eigenvalue weighted by molar-refractivity contribution is 5.29. The van der Waals surface area contributed by atoms with E-state index in [1.54, 1.807) is 7.11 Å². The van der Waals surface area contributed by atoms with Crippen molar-refractivity contribution in [2.45, 2.75) is 38.8 Å². The molecule has 1 N–H and O–H groups in total. The molecule has 0 heterocycles. The van der Waals surface area contributed by atoms with Crippen molar-refractivity contribution in [3.8, 4) is 18.1 Å². The van der Waals surface area contributed by atoms with E-state index in [0.29, 0.717) is 0 Å². The minimum atomic E-state index is -0.291. The lowest BCUT2D eigenvalue weighted by atomic mass is 9.99. The molecule has 1 aromatic rings. The third kappa shape index (κ3) is 3.80. The number of hydrogen-bond donors (Lipinski definition) is 1. The molecule has 0 aliphatic rings. The van der Waals surface area contributed by atoms with Crippen LogP contribution in [0.5, 0.6) is 5.75 Å². The first-order chi connectivity index (χ1) is 8.02. The topological polar surface area (TPSA) is 21.3 Å². The van der Waals surface area contributed by atoms with E-state index in [1.807, 2.05) is 26.0 Å². The second-order valence-electron chi connectivity index (χ2n) is 4.65. The van der Waals surface area contributed by atoms with Gasteiger partial charge in [-0.1, -0.05) is 25.0 Å². The molecule has 0 spiro atoms. The lowest BCUT2D eigenvalue weighted by Crippen LogP contribution is -2.40. The Kier molecular flexibility index (Phi) is 4.60. The summed E-state index contributed by atoms with van der Waals surface area (Å²) in [6.07, 6.45) is 6.50. The van der Waals surface area contributed by atoms with Crippen molar-refractivity contribution in [2.24, 2.45) is 0 Å². The largest absolute Gasteiger partial charge is 0.497 e. The van der Waals surface area contributed by atoms with Crippen molar-refractivity contribution < 1.29 is 4.74 Å². The zero-order chi connectivity index (χ0) is 12.9. The molecular formula is C15H21NO. The van der Waals surface area contributed by atoms with E-state index in [4.69, 9.17) is 11.2 Å². The maximum Gasteiger partial charge on any atom is 0.118 e. The number of rotatable bonds is 5. The highest BCUT2D eigenvalue weighted by Gasteiger charge is 2.19. The maximum absolute atomic E-state index is 5.50. The zero-order valence-electron chi connectivity index (χ0n) is 11.1. The smallest absolute Gasteiger partial charge is 0.118 e. The minimum Gasteiger partial charge on any atom is -0.497 e. The van der Waals surface area contributed by atoms with Crippen LogP contribution in [0, 0.1) is 12.3 Å². The monoisotopic (exact) mass is 231 g/mol. The van der Waals surface area contributed by atoms with E-state index in [2.05, 4.69) is 30.3 Å². The summed E-state index contributed by atoms with van der Waals surface area (Å²) in [5, 5.41) is 3.47. The number of benzene rings is 1. The Balaban J connectivity index is 2.83. The first kappa shape index (κ1) is 13.6. The van der Waals surface area contributed by atoms with Crippen LogP contribution in [0.4, 0.5) is 0 Å². The average Bonchev–Trinajstić information content (AvgIpc) is 2.36. The summed E-state index contributed by atoms with van der Waals surface area (Å²) >= 11 is 0. The highest BCUT2D eigenvalue weighted by Crippen LogP contribution is 2.22. The molecule has 17 heavy (non-hydrogen) atoms. The van der Waals surface area contributed by atoms with Gasteiger partial charge in [0, 0.05) is 6.04 Å². The number of nitrogens with one attached hydrogen (secondary N) is 1. The van der Waals surface area contributed by atoms with Crippen LogP contribution in [0.25, 0.3) is 0 Å². The van der Waals surface area contributed by atoms with Gasteiger partial charge in [-0.3, -0.25) is 5.32 Å². The van der Waals surface area contributed by atoms with Gasteiger partial charge in [-0.2, -0.15) is 0 Å². The minimum absolute atomic E-state index is 0.270. The van der Waals surface area contributed by atoms with Crippen LogP contribution in [0.15, 0.2) is 24.3 Å². The van der Waals surface area contributed by atoms with Gasteiger partial charge < -0.3 is 4.74 Å². The Morgan fingerprint density at radius 1 is 1.35 bits per heavy atom. The normalized spacial score (nSPS) is 12.9. The summed E-state index contributed by atoms with van der Waals surface area (Å²) in [6.45, 7) is 6.17. The Morgan fingerprint density at radius 3 is 2.35 bits per heavy atom. The van der Waals surface area contributed by atoms with Gasteiger partial charge in [0.25, 0.3) is 0 Å². The molecular weight excluding hydrogens is 210 g/mol. The van der Waals surface area contributed by atoms with Crippen LogP contribution in [-0.2, 0) is 0 Å². The average molecular weight is 231 g/mol. The van der Waals surface area contributed by atoms with Crippen molar-refractivity contribution in [2.75, 3.05) is 7.11 Å². The fraction of sp³-hybridized carbons (Fsp3) is 0.467. The van der Waals surface area contributed by atoms with Crippen LogP contribution < -0.4 is 10.1 Å². The third-order valence-electron chi connectivity index (χ3n) is 2.82.